The number of hydrogen-bond donors (Lipinski definition) is 2. The first-order valence-electron chi connectivity index (χ1n) is 7.53. The molecule has 0 spiro atoms. The molecule has 7 heteroatoms. The summed E-state index contributed by atoms with van der Waals surface area (Å²) in [5.41, 5.74) is 2.63. The summed E-state index contributed by atoms with van der Waals surface area (Å²) in [6.07, 6.45) is 0. The number of methoxy groups -OCH3 is 1. The lowest BCUT2D eigenvalue weighted by atomic mass is 10.1. The summed E-state index contributed by atoms with van der Waals surface area (Å²) in [4.78, 5) is 23.4. The van der Waals surface area contributed by atoms with E-state index < -0.39 is 12.0 Å². The quantitative estimate of drug-likeness (QED) is 0.624. The van der Waals surface area contributed by atoms with Gasteiger partial charge in [-0.1, -0.05) is 17.7 Å². The first-order chi connectivity index (χ1) is 11.9. The largest absolute Gasteiger partial charge is 0.473 e. The third-order valence-corrected chi connectivity index (χ3v) is 4.02. The van der Waals surface area contributed by atoms with E-state index in [-0.39, 0.29) is 6.73 Å². The molecular weight excluding hydrogens is 344 g/mol. The predicted octanol–water partition coefficient (Wildman–Crippen LogP) is 3.90. The number of carbonyl (C=O) groups is 2. The Morgan fingerprint density at radius 1 is 1.12 bits per heavy atom. The molecule has 0 saturated heterocycles. The van der Waals surface area contributed by atoms with E-state index in [1.165, 1.54) is 13.2 Å². The van der Waals surface area contributed by atoms with Crippen molar-refractivity contribution in [2.45, 2.75) is 13.8 Å². The lowest BCUT2D eigenvalue weighted by molar-refractivity contribution is 0.0600. The van der Waals surface area contributed by atoms with E-state index in [0.717, 1.165) is 11.1 Å². The fourth-order valence-corrected chi connectivity index (χ4v) is 2.30. The van der Waals surface area contributed by atoms with Gasteiger partial charge in [-0.2, -0.15) is 0 Å². The third-order valence-electron chi connectivity index (χ3n) is 3.42. The van der Waals surface area contributed by atoms with Crippen LogP contribution in [-0.2, 0) is 4.74 Å². The Morgan fingerprint density at radius 3 is 2.44 bits per heavy atom. The van der Waals surface area contributed by atoms with Crippen LogP contribution in [0.15, 0.2) is 36.4 Å². The molecule has 0 aliphatic carbocycles. The average molecular weight is 363 g/mol. The van der Waals surface area contributed by atoms with Crippen LogP contribution in [-0.4, -0.2) is 25.8 Å². The van der Waals surface area contributed by atoms with Gasteiger partial charge < -0.3 is 20.1 Å². The topological polar surface area (TPSA) is 76.7 Å². The summed E-state index contributed by atoms with van der Waals surface area (Å²) in [5, 5.41) is 5.89. The molecule has 2 aromatic rings. The first kappa shape index (κ1) is 18.6. The van der Waals surface area contributed by atoms with Gasteiger partial charge in [-0.25, -0.2) is 9.59 Å². The van der Waals surface area contributed by atoms with Crippen molar-refractivity contribution in [2.24, 2.45) is 0 Å². The zero-order valence-corrected chi connectivity index (χ0v) is 14.9. The second kappa shape index (κ2) is 8.39. The highest BCUT2D eigenvalue weighted by Gasteiger charge is 2.08. The summed E-state index contributed by atoms with van der Waals surface area (Å²) >= 11 is 6.10. The van der Waals surface area contributed by atoms with Crippen molar-refractivity contribution >= 4 is 29.3 Å². The number of amides is 2. The van der Waals surface area contributed by atoms with Gasteiger partial charge >= 0.3 is 12.0 Å². The molecule has 0 bridgehead atoms. The summed E-state index contributed by atoms with van der Waals surface area (Å²) in [6.45, 7) is 3.76. The van der Waals surface area contributed by atoms with Gasteiger partial charge in [0, 0.05) is 10.7 Å². The highest BCUT2D eigenvalue weighted by molar-refractivity contribution is 6.32. The van der Waals surface area contributed by atoms with E-state index >= 15 is 0 Å². The van der Waals surface area contributed by atoms with Crippen LogP contribution in [0.1, 0.15) is 21.5 Å². The van der Waals surface area contributed by atoms with Crippen molar-refractivity contribution < 1.29 is 19.1 Å². The van der Waals surface area contributed by atoms with Crippen molar-refractivity contribution in [3.05, 3.63) is 58.1 Å². The van der Waals surface area contributed by atoms with E-state index in [9.17, 15) is 9.59 Å². The number of hydrogen-bond acceptors (Lipinski definition) is 4. The standard InChI is InChI=1S/C18H19ClN2O4/c1-11-7-15(8-12(2)16(11)19)25-10-20-18(23)21-14-6-4-5-13(9-14)17(22)24-3/h4-9H,10H2,1-3H3,(H2,20,21,23). The minimum absolute atomic E-state index is 0.0109. The smallest absolute Gasteiger partial charge is 0.337 e. The van der Waals surface area contributed by atoms with Crippen LogP contribution in [0.3, 0.4) is 0 Å². The van der Waals surface area contributed by atoms with Gasteiger partial charge in [0.05, 0.1) is 12.7 Å². The molecule has 6 nitrogen and oxygen atoms in total. The fraction of sp³-hybridized carbons (Fsp3) is 0.222. The van der Waals surface area contributed by atoms with Crippen LogP contribution < -0.4 is 15.4 Å². The van der Waals surface area contributed by atoms with E-state index in [1.54, 1.807) is 30.3 Å². The number of urea groups is 1. The number of anilines is 1. The number of halogens is 1. The molecular formula is C18H19ClN2O4. The van der Waals surface area contributed by atoms with Gasteiger partial charge in [-0.3, -0.25) is 0 Å². The van der Waals surface area contributed by atoms with Gasteiger partial charge in [0.15, 0.2) is 6.73 Å². The minimum atomic E-state index is -0.471. The molecule has 132 valence electrons. The van der Waals surface area contributed by atoms with Gasteiger partial charge in [0.1, 0.15) is 5.75 Å². The van der Waals surface area contributed by atoms with Gasteiger partial charge in [-0.05, 0) is 55.3 Å². The van der Waals surface area contributed by atoms with Crippen molar-refractivity contribution in [3.8, 4) is 5.75 Å². The maximum Gasteiger partial charge on any atom is 0.337 e. The summed E-state index contributed by atoms with van der Waals surface area (Å²) in [5.74, 6) is 0.147. The Kier molecular flexibility index (Phi) is 6.25. The molecule has 0 heterocycles. The molecule has 0 saturated carbocycles. The lowest BCUT2D eigenvalue weighted by Crippen LogP contribution is -2.32. The first-order valence-corrected chi connectivity index (χ1v) is 7.91. The molecule has 25 heavy (non-hydrogen) atoms. The fourth-order valence-electron chi connectivity index (χ4n) is 2.19. The van der Waals surface area contributed by atoms with Gasteiger partial charge in [0.2, 0.25) is 0 Å². The molecule has 0 aliphatic rings. The van der Waals surface area contributed by atoms with E-state index in [0.29, 0.717) is 22.0 Å². The van der Waals surface area contributed by atoms with Crippen molar-refractivity contribution in [1.29, 1.82) is 0 Å². The lowest BCUT2D eigenvalue weighted by Gasteiger charge is -2.12. The Morgan fingerprint density at radius 2 is 1.80 bits per heavy atom. The Labute approximate surface area is 151 Å². The molecule has 2 amide bonds. The maximum absolute atomic E-state index is 11.9. The number of rotatable bonds is 5. The Hall–Kier alpha value is -2.73. The van der Waals surface area contributed by atoms with E-state index in [1.807, 2.05) is 13.8 Å². The summed E-state index contributed by atoms with van der Waals surface area (Å²) < 4.78 is 10.1. The second-order valence-electron chi connectivity index (χ2n) is 5.36. The summed E-state index contributed by atoms with van der Waals surface area (Å²) in [7, 11) is 1.30. The third kappa shape index (κ3) is 5.12. The van der Waals surface area contributed by atoms with Crippen LogP contribution in [0, 0.1) is 13.8 Å². The number of aryl methyl sites for hydroxylation is 2. The number of benzene rings is 2. The van der Waals surface area contributed by atoms with E-state index in [4.69, 9.17) is 16.3 Å². The number of nitrogens with one attached hydrogen (secondary N) is 2. The van der Waals surface area contributed by atoms with Gasteiger partial charge in [0.25, 0.3) is 0 Å². The monoisotopic (exact) mass is 362 g/mol. The van der Waals surface area contributed by atoms with Gasteiger partial charge in [-0.15, -0.1) is 0 Å². The predicted molar refractivity (Wildman–Crippen MR) is 96.4 cm³/mol. The maximum atomic E-state index is 11.9. The SMILES string of the molecule is COC(=O)c1cccc(NC(=O)NCOc2cc(C)c(Cl)c(C)c2)c1. The number of ether oxygens (including phenoxy) is 2. The van der Waals surface area contributed by atoms with Crippen LogP contribution in [0.25, 0.3) is 0 Å². The van der Waals surface area contributed by atoms with Crippen molar-refractivity contribution in [1.82, 2.24) is 5.32 Å². The molecule has 0 unspecified atom stereocenters. The molecule has 0 fully saturated rings. The molecule has 2 rings (SSSR count). The molecule has 0 radical (unpaired) electrons. The number of carbonyl (C=O) groups excluding carboxylic acids is 2. The zero-order chi connectivity index (χ0) is 18.4. The average Bonchev–Trinajstić information content (AvgIpc) is 2.59. The summed E-state index contributed by atoms with van der Waals surface area (Å²) in [6, 6.07) is 9.59. The minimum Gasteiger partial charge on any atom is -0.473 e. The molecule has 0 aromatic heterocycles. The second-order valence-corrected chi connectivity index (χ2v) is 5.74. The zero-order valence-electron chi connectivity index (χ0n) is 14.2. The van der Waals surface area contributed by atoms with Crippen LogP contribution in [0.5, 0.6) is 5.75 Å². The van der Waals surface area contributed by atoms with Crippen LogP contribution in [0.4, 0.5) is 10.5 Å². The molecule has 0 atom stereocenters. The van der Waals surface area contributed by atoms with Crippen LogP contribution >= 0.6 is 11.6 Å². The van der Waals surface area contributed by atoms with Crippen molar-refractivity contribution in [2.75, 3.05) is 19.2 Å². The molecule has 0 aliphatic heterocycles. The Balaban J connectivity index is 1.88. The van der Waals surface area contributed by atoms with Crippen molar-refractivity contribution in [3.63, 3.8) is 0 Å². The Bertz CT molecular complexity index is 769. The normalized spacial score (nSPS) is 10.1. The molecule has 2 aromatic carbocycles. The van der Waals surface area contributed by atoms with E-state index in [2.05, 4.69) is 15.4 Å². The highest BCUT2D eigenvalue weighted by Crippen LogP contribution is 2.25. The molecule has 2 N–H and O–H groups in total. The van der Waals surface area contributed by atoms with Crippen LogP contribution in [0.2, 0.25) is 5.02 Å². The number of esters is 1. The highest BCUT2D eigenvalue weighted by atomic mass is 35.5.